The molecule has 0 heterocycles. The van der Waals surface area contributed by atoms with Crippen LogP contribution in [0.15, 0.2) is 18.2 Å². The van der Waals surface area contributed by atoms with Crippen LogP contribution in [0.3, 0.4) is 0 Å². The Hall–Kier alpha value is -2.02. The molecular formula is C10H9F2NO4. The molecule has 17 heavy (non-hydrogen) atoms. The Morgan fingerprint density at radius 2 is 2.00 bits per heavy atom. The summed E-state index contributed by atoms with van der Waals surface area (Å²) in [5.74, 6) is -4.45. The molecule has 0 saturated heterocycles. The Labute approximate surface area is 94.7 Å². The predicted molar refractivity (Wildman–Crippen MR) is 52.3 cm³/mol. The molecule has 1 aromatic carbocycles. The average Bonchev–Trinajstić information content (AvgIpc) is 2.24. The zero-order valence-electron chi connectivity index (χ0n) is 8.48. The zero-order valence-corrected chi connectivity index (χ0v) is 8.48. The number of aliphatic hydroxyl groups is 1. The zero-order chi connectivity index (χ0) is 13.0. The second-order valence-electron chi connectivity index (χ2n) is 3.17. The first-order valence-corrected chi connectivity index (χ1v) is 4.55. The molecule has 0 aliphatic heterocycles. The molecule has 1 rings (SSSR count). The Kier molecular flexibility index (Phi) is 4.11. The van der Waals surface area contributed by atoms with Crippen molar-refractivity contribution in [2.24, 2.45) is 0 Å². The highest BCUT2D eigenvalue weighted by Gasteiger charge is 2.21. The smallest absolute Gasteiger partial charge is 0.328 e. The molecule has 5 nitrogen and oxygen atoms in total. The second kappa shape index (κ2) is 5.35. The molecule has 0 aliphatic rings. The van der Waals surface area contributed by atoms with Gasteiger partial charge in [0.2, 0.25) is 0 Å². The summed E-state index contributed by atoms with van der Waals surface area (Å²) in [7, 11) is 0. The molecule has 0 saturated carbocycles. The first kappa shape index (κ1) is 13.0. The van der Waals surface area contributed by atoms with E-state index in [4.69, 9.17) is 10.2 Å². The molecule has 0 fully saturated rings. The van der Waals surface area contributed by atoms with Crippen molar-refractivity contribution < 1.29 is 28.6 Å². The number of carboxylic acid groups (broad SMARTS) is 1. The van der Waals surface area contributed by atoms with Gasteiger partial charge in [-0.1, -0.05) is 0 Å². The maximum Gasteiger partial charge on any atom is 0.328 e. The first-order valence-electron chi connectivity index (χ1n) is 4.55. The minimum atomic E-state index is -1.54. The van der Waals surface area contributed by atoms with Crippen molar-refractivity contribution in [3.63, 3.8) is 0 Å². The number of halogens is 2. The van der Waals surface area contributed by atoms with E-state index >= 15 is 0 Å². The number of hydrogen-bond acceptors (Lipinski definition) is 3. The van der Waals surface area contributed by atoms with Gasteiger partial charge < -0.3 is 15.5 Å². The Balaban J connectivity index is 2.86. The number of carbonyl (C=O) groups excluding carboxylic acids is 1. The quantitative estimate of drug-likeness (QED) is 0.704. The third kappa shape index (κ3) is 3.22. The molecule has 1 atom stereocenters. The van der Waals surface area contributed by atoms with Crippen molar-refractivity contribution in [2.75, 3.05) is 6.61 Å². The number of aliphatic carboxylic acids is 1. The molecule has 0 spiro atoms. The van der Waals surface area contributed by atoms with Crippen molar-refractivity contribution >= 4 is 11.9 Å². The molecule has 0 bridgehead atoms. The summed E-state index contributed by atoms with van der Waals surface area (Å²) in [6, 6.07) is 0.721. The van der Waals surface area contributed by atoms with Gasteiger partial charge in [0, 0.05) is 6.07 Å². The standard InChI is InChI=1S/C10H9F2NO4/c11-5-1-2-6(7(12)3-5)9(15)13-8(4-14)10(16)17/h1-3,8,14H,4H2,(H,13,15)(H,16,17)/t8-/m1/s1. The number of nitrogens with one attached hydrogen (secondary N) is 1. The molecule has 92 valence electrons. The van der Waals surface area contributed by atoms with E-state index in [-0.39, 0.29) is 0 Å². The van der Waals surface area contributed by atoms with E-state index in [9.17, 15) is 18.4 Å². The molecule has 0 aliphatic carbocycles. The lowest BCUT2D eigenvalue weighted by Crippen LogP contribution is -2.43. The normalized spacial score (nSPS) is 11.9. The number of rotatable bonds is 4. The monoisotopic (exact) mass is 245 g/mol. The van der Waals surface area contributed by atoms with Gasteiger partial charge in [0.25, 0.3) is 5.91 Å². The maximum absolute atomic E-state index is 13.1. The van der Waals surface area contributed by atoms with E-state index in [1.165, 1.54) is 0 Å². The third-order valence-electron chi connectivity index (χ3n) is 1.96. The third-order valence-corrected chi connectivity index (χ3v) is 1.96. The molecule has 0 aromatic heterocycles. The van der Waals surface area contributed by atoms with Crippen LogP contribution in [0.25, 0.3) is 0 Å². The average molecular weight is 245 g/mol. The molecule has 0 radical (unpaired) electrons. The van der Waals surface area contributed by atoms with E-state index in [1.54, 1.807) is 0 Å². The van der Waals surface area contributed by atoms with Gasteiger partial charge in [0.15, 0.2) is 6.04 Å². The molecule has 3 N–H and O–H groups in total. The van der Waals surface area contributed by atoms with Crippen LogP contribution in [-0.2, 0) is 4.79 Å². The van der Waals surface area contributed by atoms with Gasteiger partial charge >= 0.3 is 5.97 Å². The van der Waals surface area contributed by atoms with Gasteiger partial charge in [-0.3, -0.25) is 4.79 Å². The molecule has 0 unspecified atom stereocenters. The fraction of sp³-hybridized carbons (Fsp3) is 0.200. The summed E-state index contributed by atoms with van der Waals surface area (Å²) in [5.41, 5.74) is -0.494. The minimum Gasteiger partial charge on any atom is -0.480 e. The number of carboxylic acids is 1. The SMILES string of the molecule is O=C(N[C@H](CO)C(=O)O)c1ccc(F)cc1F. The fourth-order valence-electron chi connectivity index (χ4n) is 1.10. The summed E-state index contributed by atoms with van der Waals surface area (Å²) in [4.78, 5) is 21.9. The van der Waals surface area contributed by atoms with E-state index in [0.29, 0.717) is 6.07 Å². The number of aliphatic hydroxyl groups excluding tert-OH is 1. The Morgan fingerprint density at radius 3 is 2.47 bits per heavy atom. The van der Waals surface area contributed by atoms with E-state index in [2.05, 4.69) is 0 Å². The van der Waals surface area contributed by atoms with Crippen molar-refractivity contribution in [1.29, 1.82) is 0 Å². The fourth-order valence-corrected chi connectivity index (χ4v) is 1.10. The van der Waals surface area contributed by atoms with Gasteiger partial charge in [0.05, 0.1) is 12.2 Å². The van der Waals surface area contributed by atoms with Crippen LogP contribution >= 0.6 is 0 Å². The number of benzene rings is 1. The summed E-state index contributed by atoms with van der Waals surface area (Å²) < 4.78 is 25.7. The lowest BCUT2D eigenvalue weighted by molar-refractivity contribution is -0.140. The van der Waals surface area contributed by atoms with Crippen LogP contribution in [0.5, 0.6) is 0 Å². The number of hydrogen-bond donors (Lipinski definition) is 3. The van der Waals surface area contributed by atoms with E-state index in [0.717, 1.165) is 12.1 Å². The number of carbonyl (C=O) groups is 2. The van der Waals surface area contributed by atoms with Gasteiger partial charge in [-0.2, -0.15) is 0 Å². The molecular weight excluding hydrogens is 236 g/mol. The van der Waals surface area contributed by atoms with Crippen molar-refractivity contribution in [2.45, 2.75) is 6.04 Å². The predicted octanol–water partition coefficient (Wildman–Crippen LogP) is 0.140. The van der Waals surface area contributed by atoms with Gasteiger partial charge in [-0.15, -0.1) is 0 Å². The van der Waals surface area contributed by atoms with Crippen LogP contribution in [0, 0.1) is 11.6 Å². The Bertz CT molecular complexity index is 450. The minimum absolute atomic E-state index is 0.494. The van der Waals surface area contributed by atoms with Crippen LogP contribution in [0.1, 0.15) is 10.4 Å². The molecule has 1 amide bonds. The summed E-state index contributed by atoms with van der Waals surface area (Å²) in [6.07, 6.45) is 0. The van der Waals surface area contributed by atoms with Crippen LogP contribution in [0.2, 0.25) is 0 Å². The Morgan fingerprint density at radius 1 is 1.35 bits per heavy atom. The van der Waals surface area contributed by atoms with Crippen molar-refractivity contribution in [3.8, 4) is 0 Å². The summed E-state index contributed by atoms with van der Waals surface area (Å²) in [5, 5.41) is 19.1. The number of amides is 1. The van der Waals surface area contributed by atoms with Crippen LogP contribution in [-0.4, -0.2) is 34.7 Å². The van der Waals surface area contributed by atoms with E-state index < -0.39 is 41.7 Å². The first-order chi connectivity index (χ1) is 7.95. The maximum atomic E-state index is 13.1. The lowest BCUT2D eigenvalue weighted by Gasteiger charge is -2.11. The highest BCUT2D eigenvalue weighted by atomic mass is 19.1. The second-order valence-corrected chi connectivity index (χ2v) is 3.17. The van der Waals surface area contributed by atoms with Gasteiger partial charge in [0.1, 0.15) is 11.6 Å². The van der Waals surface area contributed by atoms with Crippen molar-refractivity contribution in [1.82, 2.24) is 5.32 Å². The van der Waals surface area contributed by atoms with E-state index in [1.807, 2.05) is 5.32 Å². The highest BCUT2D eigenvalue weighted by Crippen LogP contribution is 2.09. The summed E-state index contributed by atoms with van der Waals surface area (Å²) in [6.45, 7) is -0.829. The van der Waals surface area contributed by atoms with Gasteiger partial charge in [-0.05, 0) is 12.1 Å². The van der Waals surface area contributed by atoms with Crippen LogP contribution in [0.4, 0.5) is 8.78 Å². The summed E-state index contributed by atoms with van der Waals surface area (Å²) >= 11 is 0. The molecule has 1 aromatic rings. The topological polar surface area (TPSA) is 86.6 Å². The van der Waals surface area contributed by atoms with Gasteiger partial charge in [-0.25, -0.2) is 13.6 Å². The largest absolute Gasteiger partial charge is 0.480 e. The van der Waals surface area contributed by atoms with Crippen molar-refractivity contribution in [3.05, 3.63) is 35.4 Å². The molecule has 7 heteroatoms. The lowest BCUT2D eigenvalue weighted by atomic mass is 10.2. The van der Waals surface area contributed by atoms with Crippen LogP contribution < -0.4 is 5.32 Å². The highest BCUT2D eigenvalue weighted by molar-refractivity contribution is 5.96.